The summed E-state index contributed by atoms with van der Waals surface area (Å²) >= 11 is 0. The number of phenols is 1. The molecule has 174 valence electrons. The lowest BCUT2D eigenvalue weighted by Gasteiger charge is -2.36. The number of aromatic hydroxyl groups is 1. The lowest BCUT2D eigenvalue weighted by molar-refractivity contribution is 0.101. The number of benzene rings is 2. The third-order valence-corrected chi connectivity index (χ3v) is 6.47. The second-order valence-electron chi connectivity index (χ2n) is 8.62. The van der Waals surface area contributed by atoms with Gasteiger partial charge in [-0.05, 0) is 62.2 Å². The summed E-state index contributed by atoms with van der Waals surface area (Å²) in [5.41, 5.74) is 3.06. The second-order valence-corrected chi connectivity index (χ2v) is 8.62. The highest BCUT2D eigenvalue weighted by Crippen LogP contribution is 2.42. The van der Waals surface area contributed by atoms with Gasteiger partial charge in [-0.15, -0.1) is 0 Å². The van der Waals surface area contributed by atoms with Crippen LogP contribution < -0.4 is 9.47 Å². The average molecular weight is 457 g/mol. The Morgan fingerprint density at radius 1 is 1.18 bits per heavy atom. The molecule has 2 aliphatic heterocycles. The van der Waals surface area contributed by atoms with Gasteiger partial charge in [0.25, 0.3) is 0 Å². The minimum absolute atomic E-state index is 0.137. The van der Waals surface area contributed by atoms with Gasteiger partial charge in [-0.1, -0.05) is 30.7 Å². The number of para-hydroxylation sites is 1. The van der Waals surface area contributed by atoms with Gasteiger partial charge < -0.3 is 14.6 Å². The highest BCUT2D eigenvalue weighted by atomic mass is 16.5. The van der Waals surface area contributed by atoms with E-state index < -0.39 is 0 Å². The smallest absolute Gasteiger partial charge is 0.231 e. The first-order chi connectivity index (χ1) is 16.7. The minimum Gasteiger partial charge on any atom is -0.507 e. The van der Waals surface area contributed by atoms with Crippen molar-refractivity contribution in [3.05, 3.63) is 88.9 Å². The fourth-order valence-electron chi connectivity index (χ4n) is 4.81. The molecule has 1 atom stereocenters. The minimum atomic E-state index is -0.190. The predicted octanol–water partition coefficient (Wildman–Crippen LogP) is 5.53. The molecule has 0 amide bonds. The SMILES string of the molecule is CCOc1ccccc1/C=C1\Oc2c(ccc(O)c2CN2CCCC[C@H]2c2cccnc2)C1=O. The zero-order chi connectivity index (χ0) is 23.5. The summed E-state index contributed by atoms with van der Waals surface area (Å²) < 4.78 is 11.8. The standard InChI is InChI=1S/C28H28N2O4/c1-2-33-25-11-4-3-8-19(25)16-26-27(32)21-12-13-24(31)22(28(21)34-26)18-30-15-6-5-10-23(30)20-9-7-14-29-17-20/h3-4,7-9,11-14,16-17,23,31H,2,5-6,10,15,18H2,1H3/b26-16-/t23-/m0/s1. The van der Waals surface area contributed by atoms with Crippen molar-refractivity contribution in [1.29, 1.82) is 0 Å². The number of carbonyl (C=O) groups excluding carboxylic acids is 1. The number of ether oxygens (including phenoxy) is 2. The van der Waals surface area contributed by atoms with Crippen LogP contribution in [0.2, 0.25) is 0 Å². The number of Topliss-reactive ketones (excluding diaryl/α,β-unsaturated/α-hetero) is 1. The van der Waals surface area contributed by atoms with E-state index >= 15 is 0 Å². The topological polar surface area (TPSA) is 71.9 Å². The summed E-state index contributed by atoms with van der Waals surface area (Å²) in [5, 5.41) is 10.8. The summed E-state index contributed by atoms with van der Waals surface area (Å²) in [4.78, 5) is 19.8. The largest absolute Gasteiger partial charge is 0.507 e. The van der Waals surface area contributed by atoms with Gasteiger partial charge in [-0.25, -0.2) is 0 Å². The number of rotatable bonds is 6. The van der Waals surface area contributed by atoms with Crippen LogP contribution in [0.4, 0.5) is 0 Å². The normalized spacial score (nSPS) is 19.1. The van der Waals surface area contributed by atoms with Gasteiger partial charge in [-0.3, -0.25) is 14.7 Å². The third-order valence-electron chi connectivity index (χ3n) is 6.47. The molecule has 34 heavy (non-hydrogen) atoms. The molecule has 0 bridgehead atoms. The molecule has 0 radical (unpaired) electrons. The van der Waals surface area contributed by atoms with Crippen LogP contribution in [0, 0.1) is 0 Å². The molecule has 1 N–H and O–H groups in total. The van der Waals surface area contributed by atoms with Crippen LogP contribution in [0.5, 0.6) is 17.2 Å². The number of fused-ring (bicyclic) bond motifs is 1. The summed E-state index contributed by atoms with van der Waals surface area (Å²) in [6, 6.07) is 15.1. The highest BCUT2D eigenvalue weighted by molar-refractivity contribution is 6.15. The van der Waals surface area contributed by atoms with E-state index in [0.29, 0.717) is 35.8 Å². The first kappa shape index (κ1) is 22.2. The molecule has 1 saturated heterocycles. The van der Waals surface area contributed by atoms with Gasteiger partial charge in [0.2, 0.25) is 5.78 Å². The Labute approximate surface area is 199 Å². The van der Waals surface area contributed by atoms with Crippen LogP contribution in [0.25, 0.3) is 6.08 Å². The van der Waals surface area contributed by atoms with E-state index in [4.69, 9.17) is 9.47 Å². The summed E-state index contributed by atoms with van der Waals surface area (Å²) in [5.74, 6) is 1.32. The van der Waals surface area contributed by atoms with Crippen LogP contribution in [-0.2, 0) is 6.54 Å². The third kappa shape index (κ3) is 4.29. The van der Waals surface area contributed by atoms with Gasteiger partial charge in [0, 0.05) is 30.5 Å². The molecule has 0 saturated carbocycles. The van der Waals surface area contributed by atoms with Crippen LogP contribution >= 0.6 is 0 Å². The van der Waals surface area contributed by atoms with Crippen molar-refractivity contribution < 1.29 is 19.4 Å². The van der Waals surface area contributed by atoms with Crippen molar-refractivity contribution in [2.24, 2.45) is 0 Å². The summed E-state index contributed by atoms with van der Waals surface area (Å²) in [6.45, 7) is 3.85. The van der Waals surface area contributed by atoms with Gasteiger partial charge in [0.05, 0.1) is 17.7 Å². The van der Waals surface area contributed by atoms with E-state index in [9.17, 15) is 9.90 Å². The molecule has 6 nitrogen and oxygen atoms in total. The van der Waals surface area contributed by atoms with E-state index in [1.165, 1.54) is 5.56 Å². The van der Waals surface area contributed by atoms with Crippen LogP contribution in [-0.4, -0.2) is 33.9 Å². The molecule has 2 aliphatic rings. The molecule has 3 heterocycles. The zero-order valence-corrected chi connectivity index (χ0v) is 19.2. The van der Waals surface area contributed by atoms with Crippen molar-refractivity contribution in [2.45, 2.75) is 38.8 Å². The molecule has 2 aromatic carbocycles. The lowest BCUT2D eigenvalue weighted by Crippen LogP contribution is -2.33. The zero-order valence-electron chi connectivity index (χ0n) is 19.2. The quantitative estimate of drug-likeness (QED) is 0.492. The fraction of sp³-hybridized carbons (Fsp3) is 0.286. The van der Waals surface area contributed by atoms with Crippen LogP contribution in [0.1, 0.15) is 59.3 Å². The number of nitrogens with zero attached hydrogens (tertiary/aromatic N) is 2. The molecule has 0 unspecified atom stereocenters. The first-order valence-electron chi connectivity index (χ1n) is 11.8. The lowest BCUT2D eigenvalue weighted by atomic mass is 9.95. The van der Waals surface area contributed by atoms with Crippen LogP contribution in [0.3, 0.4) is 0 Å². The Bertz CT molecular complexity index is 1220. The molecule has 5 rings (SSSR count). The van der Waals surface area contributed by atoms with E-state index in [1.54, 1.807) is 24.4 Å². The van der Waals surface area contributed by atoms with Gasteiger partial charge in [-0.2, -0.15) is 0 Å². The van der Waals surface area contributed by atoms with Gasteiger partial charge >= 0.3 is 0 Å². The highest BCUT2D eigenvalue weighted by Gasteiger charge is 2.33. The molecule has 6 heteroatoms. The van der Waals surface area contributed by atoms with E-state index in [2.05, 4.69) is 16.0 Å². The number of hydrogen-bond donors (Lipinski definition) is 1. The van der Waals surface area contributed by atoms with Crippen molar-refractivity contribution in [2.75, 3.05) is 13.2 Å². The second kappa shape index (κ2) is 9.69. The van der Waals surface area contributed by atoms with Crippen molar-refractivity contribution in [1.82, 2.24) is 9.88 Å². The van der Waals surface area contributed by atoms with Gasteiger partial charge in [0.1, 0.15) is 17.2 Å². The van der Waals surface area contributed by atoms with E-state index in [0.717, 1.165) is 31.4 Å². The number of likely N-dealkylation sites (tertiary alicyclic amines) is 1. The van der Waals surface area contributed by atoms with Crippen molar-refractivity contribution in [3.63, 3.8) is 0 Å². The van der Waals surface area contributed by atoms with E-state index in [-0.39, 0.29) is 23.3 Å². The number of ketones is 1. The molecular weight excluding hydrogens is 428 g/mol. The maximum absolute atomic E-state index is 13.2. The van der Waals surface area contributed by atoms with Crippen molar-refractivity contribution in [3.8, 4) is 17.2 Å². The van der Waals surface area contributed by atoms with Crippen LogP contribution in [0.15, 0.2) is 66.7 Å². The average Bonchev–Trinajstić information content (AvgIpc) is 3.18. The Balaban J connectivity index is 1.46. The number of pyridine rings is 1. The monoisotopic (exact) mass is 456 g/mol. The fourth-order valence-corrected chi connectivity index (χ4v) is 4.81. The number of carbonyl (C=O) groups is 1. The maximum Gasteiger partial charge on any atom is 0.231 e. The Kier molecular flexibility index (Phi) is 6.32. The molecule has 1 fully saturated rings. The van der Waals surface area contributed by atoms with Crippen molar-refractivity contribution >= 4 is 11.9 Å². The Hall–Kier alpha value is -3.64. The maximum atomic E-state index is 13.2. The Morgan fingerprint density at radius 2 is 2.06 bits per heavy atom. The number of phenolic OH excluding ortho intramolecular Hbond substituents is 1. The number of aromatic nitrogens is 1. The van der Waals surface area contributed by atoms with E-state index in [1.807, 2.05) is 43.5 Å². The number of piperidine rings is 1. The molecule has 1 aromatic heterocycles. The first-order valence-corrected chi connectivity index (χ1v) is 11.8. The molecular formula is C28H28N2O4. The summed E-state index contributed by atoms with van der Waals surface area (Å²) in [6.07, 6.45) is 8.68. The number of hydrogen-bond acceptors (Lipinski definition) is 6. The predicted molar refractivity (Wildman–Crippen MR) is 130 cm³/mol. The molecule has 0 spiro atoms. The Morgan fingerprint density at radius 3 is 2.88 bits per heavy atom. The molecule has 0 aliphatic carbocycles. The number of allylic oxidation sites excluding steroid dienone is 1. The summed E-state index contributed by atoms with van der Waals surface area (Å²) in [7, 11) is 0. The van der Waals surface area contributed by atoms with Gasteiger partial charge in [0.15, 0.2) is 5.76 Å². The molecule has 3 aromatic rings.